The lowest BCUT2D eigenvalue weighted by Gasteiger charge is -2.37. The molecule has 0 aromatic heterocycles. The lowest BCUT2D eigenvalue weighted by molar-refractivity contribution is -0.211. The van der Waals surface area contributed by atoms with Gasteiger partial charge in [0, 0.05) is 6.61 Å². The van der Waals surface area contributed by atoms with Crippen LogP contribution in [-0.4, -0.2) is 59.6 Å². The first kappa shape index (κ1) is 20.8. The zero-order valence-corrected chi connectivity index (χ0v) is 14.7. The van der Waals surface area contributed by atoms with Crippen LogP contribution in [0.5, 0.6) is 0 Å². The van der Waals surface area contributed by atoms with E-state index in [0.29, 0.717) is 6.61 Å². The van der Waals surface area contributed by atoms with Gasteiger partial charge in [-0.15, -0.1) is 0 Å². The van der Waals surface area contributed by atoms with Crippen molar-refractivity contribution in [2.24, 2.45) is 0 Å². The van der Waals surface area contributed by atoms with Gasteiger partial charge in [0.1, 0.15) is 24.4 Å². The third-order valence-corrected chi connectivity index (χ3v) is 4.57. The Kier molecular flexibility index (Phi) is 11.9. The number of aliphatic hydroxyl groups excluding tert-OH is 3. The summed E-state index contributed by atoms with van der Waals surface area (Å²) in [6.45, 7) is 2.62. The number of hydrogen-bond acceptors (Lipinski definition) is 5. The second kappa shape index (κ2) is 13.1. The summed E-state index contributed by atoms with van der Waals surface area (Å²) >= 11 is 0. The van der Waals surface area contributed by atoms with E-state index in [4.69, 9.17) is 9.47 Å². The molecule has 4 atom stereocenters. The normalized spacial score (nSPS) is 28.2. The molecule has 3 N–H and O–H groups in total. The smallest absolute Gasteiger partial charge is 0.114 e. The van der Waals surface area contributed by atoms with E-state index >= 15 is 0 Å². The SMILES string of the molecule is CCCCCCCCCCCCO[C@@H]1[C@@H](O)[C@H](O)CO[C@H]1CO. The van der Waals surface area contributed by atoms with Crippen LogP contribution in [0, 0.1) is 0 Å². The van der Waals surface area contributed by atoms with E-state index in [0.717, 1.165) is 12.8 Å². The molecule has 5 heteroatoms. The van der Waals surface area contributed by atoms with Gasteiger partial charge < -0.3 is 24.8 Å². The lowest BCUT2D eigenvalue weighted by atomic mass is 10.0. The minimum atomic E-state index is -0.982. The number of ether oxygens (including phenoxy) is 2. The van der Waals surface area contributed by atoms with Gasteiger partial charge in [-0.05, 0) is 6.42 Å². The molecule has 0 radical (unpaired) electrons. The summed E-state index contributed by atoms with van der Waals surface area (Å²) in [4.78, 5) is 0. The molecule has 1 aliphatic rings. The molecule has 0 aromatic rings. The predicted molar refractivity (Wildman–Crippen MR) is 90.4 cm³/mol. The standard InChI is InChI=1S/C18H36O5/c1-2-3-4-5-6-7-8-9-10-11-12-22-18-16(13-19)23-14-15(20)17(18)21/h15-21H,2-14H2,1H3/t15-,16+,17+,18+/m1/s1. The zero-order chi connectivity index (χ0) is 16.9. The second-order valence-corrected chi connectivity index (χ2v) is 6.63. The van der Waals surface area contributed by atoms with Crippen LogP contribution in [0.25, 0.3) is 0 Å². The van der Waals surface area contributed by atoms with Crippen molar-refractivity contribution >= 4 is 0 Å². The lowest BCUT2D eigenvalue weighted by Crippen LogP contribution is -2.55. The molecular weight excluding hydrogens is 296 g/mol. The van der Waals surface area contributed by atoms with E-state index in [9.17, 15) is 15.3 Å². The Morgan fingerprint density at radius 1 is 0.913 bits per heavy atom. The van der Waals surface area contributed by atoms with Gasteiger partial charge in [-0.1, -0.05) is 64.7 Å². The molecule has 5 nitrogen and oxygen atoms in total. The highest BCUT2D eigenvalue weighted by molar-refractivity contribution is 4.87. The summed E-state index contributed by atoms with van der Waals surface area (Å²) in [5.74, 6) is 0. The van der Waals surface area contributed by atoms with Gasteiger partial charge >= 0.3 is 0 Å². The Morgan fingerprint density at radius 3 is 2.04 bits per heavy atom. The van der Waals surface area contributed by atoms with E-state index in [1.165, 1.54) is 51.4 Å². The van der Waals surface area contributed by atoms with Crippen LogP contribution in [0.1, 0.15) is 71.1 Å². The maximum atomic E-state index is 9.93. The van der Waals surface area contributed by atoms with E-state index in [1.807, 2.05) is 0 Å². The average molecular weight is 332 g/mol. The molecule has 0 aliphatic carbocycles. The van der Waals surface area contributed by atoms with Gasteiger partial charge in [-0.3, -0.25) is 0 Å². The van der Waals surface area contributed by atoms with Crippen LogP contribution >= 0.6 is 0 Å². The molecule has 1 fully saturated rings. The molecule has 0 unspecified atom stereocenters. The zero-order valence-electron chi connectivity index (χ0n) is 14.7. The molecule has 0 amide bonds. The van der Waals surface area contributed by atoms with Crippen LogP contribution < -0.4 is 0 Å². The molecule has 0 saturated carbocycles. The molecule has 0 spiro atoms. The van der Waals surface area contributed by atoms with Gasteiger partial charge in [0.05, 0.1) is 13.2 Å². The van der Waals surface area contributed by atoms with Gasteiger partial charge in [-0.2, -0.15) is 0 Å². The summed E-state index contributed by atoms with van der Waals surface area (Å²) in [7, 11) is 0. The van der Waals surface area contributed by atoms with E-state index < -0.39 is 24.4 Å². The van der Waals surface area contributed by atoms with E-state index in [-0.39, 0.29) is 13.2 Å². The van der Waals surface area contributed by atoms with Crippen molar-refractivity contribution in [2.45, 2.75) is 95.5 Å². The van der Waals surface area contributed by atoms with Crippen molar-refractivity contribution in [3.8, 4) is 0 Å². The molecular formula is C18H36O5. The van der Waals surface area contributed by atoms with Gasteiger partial charge in [0.2, 0.25) is 0 Å². The average Bonchev–Trinajstić information content (AvgIpc) is 2.56. The molecule has 138 valence electrons. The fourth-order valence-corrected chi connectivity index (χ4v) is 3.03. The largest absolute Gasteiger partial charge is 0.394 e. The van der Waals surface area contributed by atoms with Crippen molar-refractivity contribution in [3.05, 3.63) is 0 Å². The Bertz CT molecular complexity index is 272. The first-order valence-corrected chi connectivity index (χ1v) is 9.40. The number of rotatable bonds is 13. The molecule has 0 bridgehead atoms. The Hall–Kier alpha value is -0.200. The molecule has 23 heavy (non-hydrogen) atoms. The highest BCUT2D eigenvalue weighted by Gasteiger charge is 2.39. The van der Waals surface area contributed by atoms with Crippen LogP contribution in [0.15, 0.2) is 0 Å². The maximum Gasteiger partial charge on any atom is 0.114 e. The Balaban J connectivity index is 1.99. The fourth-order valence-electron chi connectivity index (χ4n) is 3.03. The monoisotopic (exact) mass is 332 g/mol. The summed E-state index contributed by atoms with van der Waals surface area (Å²) in [6, 6.07) is 0. The third kappa shape index (κ3) is 8.45. The second-order valence-electron chi connectivity index (χ2n) is 6.63. The summed E-state index contributed by atoms with van der Waals surface area (Å²) in [6.07, 6.45) is 9.50. The molecule has 1 aliphatic heterocycles. The minimum absolute atomic E-state index is 0.0461. The van der Waals surface area contributed by atoms with Gasteiger partial charge in [0.25, 0.3) is 0 Å². The first-order chi connectivity index (χ1) is 11.2. The van der Waals surface area contributed by atoms with Crippen LogP contribution in [-0.2, 0) is 9.47 Å². The Morgan fingerprint density at radius 2 is 1.48 bits per heavy atom. The molecule has 0 aromatic carbocycles. The number of aliphatic hydroxyl groups is 3. The van der Waals surface area contributed by atoms with Crippen molar-refractivity contribution in [2.75, 3.05) is 19.8 Å². The van der Waals surface area contributed by atoms with E-state index in [2.05, 4.69) is 6.92 Å². The van der Waals surface area contributed by atoms with Crippen molar-refractivity contribution < 1.29 is 24.8 Å². The number of unbranched alkanes of at least 4 members (excludes halogenated alkanes) is 9. The highest BCUT2D eigenvalue weighted by Crippen LogP contribution is 2.19. The topological polar surface area (TPSA) is 79.2 Å². The number of hydrogen-bond donors (Lipinski definition) is 3. The van der Waals surface area contributed by atoms with Crippen LogP contribution in [0.3, 0.4) is 0 Å². The first-order valence-electron chi connectivity index (χ1n) is 9.40. The maximum absolute atomic E-state index is 9.93. The minimum Gasteiger partial charge on any atom is -0.394 e. The molecule has 1 saturated heterocycles. The van der Waals surface area contributed by atoms with Crippen LogP contribution in [0.4, 0.5) is 0 Å². The fraction of sp³-hybridized carbons (Fsp3) is 1.00. The quantitative estimate of drug-likeness (QED) is 0.451. The van der Waals surface area contributed by atoms with Gasteiger partial charge in [0.15, 0.2) is 0 Å². The van der Waals surface area contributed by atoms with Crippen molar-refractivity contribution in [1.82, 2.24) is 0 Å². The summed E-state index contributed by atoms with van der Waals surface area (Å²) < 4.78 is 10.9. The van der Waals surface area contributed by atoms with E-state index in [1.54, 1.807) is 0 Å². The molecule has 1 rings (SSSR count). The van der Waals surface area contributed by atoms with Crippen LogP contribution in [0.2, 0.25) is 0 Å². The molecule has 1 heterocycles. The highest BCUT2D eigenvalue weighted by atomic mass is 16.6. The van der Waals surface area contributed by atoms with Gasteiger partial charge in [-0.25, -0.2) is 0 Å². The summed E-state index contributed by atoms with van der Waals surface area (Å²) in [5, 5.41) is 28.8. The summed E-state index contributed by atoms with van der Waals surface area (Å²) in [5.41, 5.74) is 0. The Labute approximate surface area is 141 Å². The van der Waals surface area contributed by atoms with Crippen molar-refractivity contribution in [1.29, 1.82) is 0 Å². The van der Waals surface area contributed by atoms with Crippen molar-refractivity contribution in [3.63, 3.8) is 0 Å². The predicted octanol–water partition coefficient (Wildman–Crippen LogP) is 2.41. The third-order valence-electron chi connectivity index (χ3n) is 4.57.